The summed E-state index contributed by atoms with van der Waals surface area (Å²) in [6.07, 6.45) is 5.35. The summed E-state index contributed by atoms with van der Waals surface area (Å²) in [4.78, 5) is 15.3. The number of aromatic nitrogens is 1. The molecule has 0 spiro atoms. The zero-order valence-electron chi connectivity index (χ0n) is 10.9. The molecule has 0 bridgehead atoms. The van der Waals surface area contributed by atoms with Gasteiger partial charge in [-0.05, 0) is 44.0 Å². The molecule has 4 nitrogen and oxygen atoms in total. The molecular weight excluding hydrogens is 238 g/mol. The molecule has 1 aromatic carbocycles. The third-order valence-electron chi connectivity index (χ3n) is 3.78. The first-order chi connectivity index (χ1) is 9.34. The summed E-state index contributed by atoms with van der Waals surface area (Å²) in [5.41, 5.74) is 1.75. The van der Waals surface area contributed by atoms with E-state index in [1.165, 1.54) is 12.8 Å². The second-order valence-electron chi connectivity index (χ2n) is 5.08. The van der Waals surface area contributed by atoms with Crippen LogP contribution in [0.4, 0.5) is 0 Å². The average molecular weight is 257 g/mol. The van der Waals surface area contributed by atoms with Crippen molar-refractivity contribution in [1.82, 2.24) is 15.6 Å². The topological polar surface area (TPSA) is 56.9 Å². The van der Waals surface area contributed by atoms with E-state index in [9.17, 15) is 4.79 Å². The van der Waals surface area contributed by atoms with Crippen LogP contribution in [-0.4, -0.2) is 30.0 Å². The molecule has 2 aromatic rings. The van der Waals surface area contributed by atoms with Crippen LogP contribution in [-0.2, 0) is 0 Å². The van der Waals surface area contributed by atoms with Gasteiger partial charge in [0, 0.05) is 35.2 Å². The summed E-state index contributed by atoms with van der Waals surface area (Å²) in [6, 6.07) is 8.28. The second kappa shape index (κ2) is 5.45. The Morgan fingerprint density at radius 3 is 3.16 bits per heavy atom. The molecule has 1 fully saturated rings. The van der Waals surface area contributed by atoms with Crippen LogP contribution in [0.2, 0.25) is 0 Å². The Morgan fingerprint density at radius 1 is 1.37 bits per heavy atom. The lowest BCUT2D eigenvalue weighted by molar-refractivity contribution is 0.0954. The maximum absolute atomic E-state index is 12.2. The molecule has 1 saturated heterocycles. The van der Waals surface area contributed by atoms with E-state index in [4.69, 9.17) is 0 Å². The van der Waals surface area contributed by atoms with Crippen molar-refractivity contribution in [2.24, 2.45) is 0 Å². The molecule has 1 unspecified atom stereocenters. The SMILES string of the molecule is O=C(NCCC1CCCN1)c1cccc2[nH]ccc12. The zero-order chi connectivity index (χ0) is 13.1. The van der Waals surface area contributed by atoms with Crippen molar-refractivity contribution >= 4 is 16.8 Å². The average Bonchev–Trinajstić information content (AvgIpc) is 3.08. The van der Waals surface area contributed by atoms with Gasteiger partial charge in [-0.2, -0.15) is 0 Å². The van der Waals surface area contributed by atoms with Gasteiger partial charge in [0.15, 0.2) is 0 Å². The molecule has 1 aliphatic rings. The van der Waals surface area contributed by atoms with Gasteiger partial charge in [-0.25, -0.2) is 0 Å². The number of hydrogen-bond donors (Lipinski definition) is 3. The maximum Gasteiger partial charge on any atom is 0.251 e. The molecule has 1 atom stereocenters. The van der Waals surface area contributed by atoms with Crippen molar-refractivity contribution < 1.29 is 4.79 Å². The van der Waals surface area contributed by atoms with Gasteiger partial charge in [-0.3, -0.25) is 4.79 Å². The number of carbonyl (C=O) groups is 1. The number of aromatic amines is 1. The van der Waals surface area contributed by atoms with E-state index in [0.29, 0.717) is 6.04 Å². The predicted octanol–water partition coefficient (Wildman–Crippen LogP) is 2.04. The number of fused-ring (bicyclic) bond motifs is 1. The van der Waals surface area contributed by atoms with Crippen LogP contribution in [0.3, 0.4) is 0 Å². The Hall–Kier alpha value is -1.81. The van der Waals surface area contributed by atoms with Crippen LogP contribution >= 0.6 is 0 Å². The first kappa shape index (κ1) is 12.2. The minimum Gasteiger partial charge on any atom is -0.361 e. The van der Waals surface area contributed by atoms with Crippen molar-refractivity contribution in [3.8, 4) is 0 Å². The smallest absolute Gasteiger partial charge is 0.251 e. The highest BCUT2D eigenvalue weighted by molar-refractivity contribution is 6.06. The third-order valence-corrected chi connectivity index (χ3v) is 3.78. The van der Waals surface area contributed by atoms with Crippen LogP contribution in [0, 0.1) is 0 Å². The summed E-state index contributed by atoms with van der Waals surface area (Å²) < 4.78 is 0. The largest absolute Gasteiger partial charge is 0.361 e. The summed E-state index contributed by atoms with van der Waals surface area (Å²) in [6.45, 7) is 1.85. The first-order valence-electron chi connectivity index (χ1n) is 6.92. The number of benzene rings is 1. The standard InChI is InChI=1S/C15H19N3O/c19-15(18-9-6-11-3-2-8-16-11)13-4-1-5-14-12(13)7-10-17-14/h1,4-5,7,10-11,16-17H,2-3,6,8-9H2,(H,18,19). The van der Waals surface area contributed by atoms with E-state index in [1.807, 2.05) is 30.5 Å². The fourth-order valence-corrected chi connectivity index (χ4v) is 2.74. The van der Waals surface area contributed by atoms with Crippen molar-refractivity contribution in [3.63, 3.8) is 0 Å². The van der Waals surface area contributed by atoms with E-state index in [1.54, 1.807) is 0 Å². The Kier molecular flexibility index (Phi) is 3.51. The highest BCUT2D eigenvalue weighted by atomic mass is 16.1. The lowest BCUT2D eigenvalue weighted by Crippen LogP contribution is -2.30. The summed E-state index contributed by atoms with van der Waals surface area (Å²) >= 11 is 0. The minimum absolute atomic E-state index is 0.0168. The van der Waals surface area contributed by atoms with Gasteiger partial charge in [0.1, 0.15) is 0 Å². The van der Waals surface area contributed by atoms with Gasteiger partial charge >= 0.3 is 0 Å². The van der Waals surface area contributed by atoms with Gasteiger partial charge in [-0.1, -0.05) is 6.07 Å². The van der Waals surface area contributed by atoms with Gasteiger partial charge in [0.25, 0.3) is 5.91 Å². The number of H-pyrrole nitrogens is 1. The summed E-state index contributed by atoms with van der Waals surface area (Å²) in [5.74, 6) is 0.0168. The van der Waals surface area contributed by atoms with Gasteiger partial charge in [-0.15, -0.1) is 0 Å². The molecule has 100 valence electrons. The Bertz CT molecular complexity index is 570. The lowest BCUT2D eigenvalue weighted by atomic mass is 10.1. The summed E-state index contributed by atoms with van der Waals surface area (Å²) in [5, 5.41) is 7.44. The van der Waals surface area contributed by atoms with E-state index in [2.05, 4.69) is 15.6 Å². The molecule has 4 heteroatoms. The highest BCUT2D eigenvalue weighted by Crippen LogP contribution is 2.17. The fourth-order valence-electron chi connectivity index (χ4n) is 2.74. The van der Waals surface area contributed by atoms with Gasteiger partial charge in [0.05, 0.1) is 0 Å². The Morgan fingerprint density at radius 2 is 2.32 bits per heavy atom. The molecule has 0 aliphatic carbocycles. The monoisotopic (exact) mass is 257 g/mol. The van der Waals surface area contributed by atoms with Crippen molar-refractivity contribution in [2.45, 2.75) is 25.3 Å². The third kappa shape index (κ3) is 2.63. The number of amides is 1. The molecule has 1 amide bonds. The molecule has 1 aromatic heterocycles. The summed E-state index contributed by atoms with van der Waals surface area (Å²) in [7, 11) is 0. The number of carbonyl (C=O) groups excluding carboxylic acids is 1. The molecule has 2 heterocycles. The minimum atomic E-state index is 0.0168. The molecular formula is C15H19N3O. The normalized spacial score (nSPS) is 18.8. The van der Waals surface area contributed by atoms with Crippen molar-refractivity contribution in [2.75, 3.05) is 13.1 Å². The Labute approximate surface area is 112 Å². The van der Waals surface area contributed by atoms with Crippen LogP contribution in [0.25, 0.3) is 10.9 Å². The van der Waals surface area contributed by atoms with Crippen molar-refractivity contribution in [1.29, 1.82) is 0 Å². The molecule has 3 rings (SSSR count). The number of nitrogens with one attached hydrogen (secondary N) is 3. The quantitative estimate of drug-likeness (QED) is 0.785. The highest BCUT2D eigenvalue weighted by Gasteiger charge is 2.14. The molecule has 0 radical (unpaired) electrons. The zero-order valence-corrected chi connectivity index (χ0v) is 10.9. The van der Waals surface area contributed by atoms with Crippen LogP contribution in [0.15, 0.2) is 30.5 Å². The molecule has 1 aliphatic heterocycles. The molecule has 0 saturated carbocycles. The fraction of sp³-hybridized carbons (Fsp3) is 0.400. The van der Waals surface area contributed by atoms with Crippen LogP contribution in [0.5, 0.6) is 0 Å². The number of rotatable bonds is 4. The second-order valence-corrected chi connectivity index (χ2v) is 5.08. The predicted molar refractivity (Wildman–Crippen MR) is 76.3 cm³/mol. The van der Waals surface area contributed by atoms with Crippen LogP contribution in [0.1, 0.15) is 29.6 Å². The van der Waals surface area contributed by atoms with Crippen LogP contribution < -0.4 is 10.6 Å². The molecule has 3 N–H and O–H groups in total. The van der Waals surface area contributed by atoms with E-state index in [0.717, 1.165) is 36.0 Å². The van der Waals surface area contributed by atoms with E-state index in [-0.39, 0.29) is 5.91 Å². The molecule has 19 heavy (non-hydrogen) atoms. The van der Waals surface area contributed by atoms with Crippen molar-refractivity contribution in [3.05, 3.63) is 36.0 Å². The lowest BCUT2D eigenvalue weighted by Gasteiger charge is -2.11. The van der Waals surface area contributed by atoms with E-state index < -0.39 is 0 Å². The van der Waals surface area contributed by atoms with Gasteiger partial charge < -0.3 is 15.6 Å². The first-order valence-corrected chi connectivity index (χ1v) is 6.92. The Balaban J connectivity index is 1.62. The van der Waals surface area contributed by atoms with Gasteiger partial charge in [0.2, 0.25) is 0 Å². The number of hydrogen-bond acceptors (Lipinski definition) is 2. The van der Waals surface area contributed by atoms with E-state index >= 15 is 0 Å². The maximum atomic E-state index is 12.2.